The Morgan fingerprint density at radius 1 is 1.13 bits per heavy atom. The van der Waals surface area contributed by atoms with Gasteiger partial charge in [0.15, 0.2) is 12.4 Å². The number of carbonyl (C=O) groups is 2. The van der Waals surface area contributed by atoms with Crippen molar-refractivity contribution in [3.05, 3.63) is 80.3 Å². The van der Waals surface area contributed by atoms with Gasteiger partial charge >= 0.3 is 5.97 Å². The highest BCUT2D eigenvalue weighted by Gasteiger charge is 2.29. The number of anilines is 1. The number of benzene rings is 2. The number of fused-ring (bicyclic) bond motifs is 2. The molecule has 0 saturated carbocycles. The maximum Gasteiger partial charge on any atom is 0.341 e. The van der Waals surface area contributed by atoms with Gasteiger partial charge in [0.05, 0.1) is 17.6 Å². The van der Waals surface area contributed by atoms with Crippen LogP contribution in [0.3, 0.4) is 0 Å². The van der Waals surface area contributed by atoms with Crippen molar-refractivity contribution >= 4 is 39.2 Å². The Kier molecular flexibility index (Phi) is 7.33. The third-order valence-corrected chi connectivity index (χ3v) is 7.83. The van der Waals surface area contributed by atoms with Gasteiger partial charge in [0.1, 0.15) is 10.6 Å². The summed E-state index contributed by atoms with van der Waals surface area (Å²) in [4.78, 5) is 40.3. The maximum absolute atomic E-state index is 13.4. The number of hydrogen-bond donors (Lipinski definition) is 1. The lowest BCUT2D eigenvalue weighted by Crippen LogP contribution is -2.23. The largest absolute Gasteiger partial charge is 0.476 e. The first-order valence-corrected chi connectivity index (χ1v) is 13.5. The van der Waals surface area contributed by atoms with Crippen LogP contribution in [0.1, 0.15) is 46.6 Å². The molecule has 1 amide bonds. The van der Waals surface area contributed by atoms with Crippen molar-refractivity contribution in [3.63, 3.8) is 0 Å². The summed E-state index contributed by atoms with van der Waals surface area (Å²) in [5, 5.41) is 3.66. The molecule has 0 aliphatic heterocycles. The summed E-state index contributed by atoms with van der Waals surface area (Å²) in [6.07, 6.45) is 2.61. The molecule has 196 valence electrons. The van der Waals surface area contributed by atoms with Crippen molar-refractivity contribution in [2.45, 2.75) is 40.0 Å². The third kappa shape index (κ3) is 5.09. The number of aryl methyl sites for hydroxylation is 1. The van der Waals surface area contributed by atoms with Crippen LogP contribution >= 0.6 is 11.3 Å². The number of ether oxygens (including phenoxy) is 2. The van der Waals surface area contributed by atoms with Crippen molar-refractivity contribution < 1.29 is 23.5 Å². The maximum atomic E-state index is 13.4. The molecule has 8 heteroatoms. The summed E-state index contributed by atoms with van der Waals surface area (Å²) in [7, 11) is 0. The van der Waals surface area contributed by atoms with Crippen LogP contribution in [0.25, 0.3) is 22.3 Å². The summed E-state index contributed by atoms with van der Waals surface area (Å²) in [5.41, 5.74) is 3.19. The van der Waals surface area contributed by atoms with Gasteiger partial charge in [0.2, 0.25) is 11.2 Å². The lowest BCUT2D eigenvalue weighted by atomic mass is 9.88. The fourth-order valence-corrected chi connectivity index (χ4v) is 6.12. The summed E-state index contributed by atoms with van der Waals surface area (Å²) >= 11 is 1.41. The van der Waals surface area contributed by atoms with Crippen LogP contribution in [0.2, 0.25) is 0 Å². The molecule has 0 radical (unpaired) electrons. The van der Waals surface area contributed by atoms with Gasteiger partial charge in [-0.05, 0) is 56.7 Å². The van der Waals surface area contributed by atoms with Gasteiger partial charge in [-0.1, -0.05) is 48.9 Å². The summed E-state index contributed by atoms with van der Waals surface area (Å²) in [5.74, 6) is -0.186. The van der Waals surface area contributed by atoms with E-state index in [1.54, 1.807) is 31.2 Å². The Morgan fingerprint density at radius 3 is 2.66 bits per heavy atom. The van der Waals surface area contributed by atoms with Crippen LogP contribution in [0.4, 0.5) is 5.00 Å². The molecular formula is C30H29NO6S. The van der Waals surface area contributed by atoms with E-state index >= 15 is 0 Å². The van der Waals surface area contributed by atoms with Crippen LogP contribution in [0.5, 0.6) is 5.75 Å². The van der Waals surface area contributed by atoms with Crippen LogP contribution in [-0.4, -0.2) is 25.1 Å². The van der Waals surface area contributed by atoms with Gasteiger partial charge in [0, 0.05) is 10.4 Å². The minimum Gasteiger partial charge on any atom is -0.476 e. The highest BCUT2D eigenvalue weighted by molar-refractivity contribution is 7.17. The normalized spacial score (nSPS) is 14.7. The molecule has 0 saturated heterocycles. The van der Waals surface area contributed by atoms with Gasteiger partial charge in [-0.3, -0.25) is 9.59 Å². The Balaban J connectivity index is 1.44. The van der Waals surface area contributed by atoms with E-state index in [0.29, 0.717) is 33.0 Å². The van der Waals surface area contributed by atoms with E-state index in [0.717, 1.165) is 35.3 Å². The molecule has 1 unspecified atom stereocenters. The van der Waals surface area contributed by atoms with Crippen molar-refractivity contribution in [1.82, 2.24) is 0 Å². The number of thiophene rings is 1. The number of para-hydroxylation sites is 1. The van der Waals surface area contributed by atoms with Gasteiger partial charge in [-0.25, -0.2) is 4.79 Å². The van der Waals surface area contributed by atoms with Gasteiger partial charge in [-0.2, -0.15) is 0 Å². The van der Waals surface area contributed by atoms with Gasteiger partial charge in [-0.15, -0.1) is 11.3 Å². The van der Waals surface area contributed by atoms with Gasteiger partial charge < -0.3 is 19.2 Å². The summed E-state index contributed by atoms with van der Waals surface area (Å²) in [6, 6.07) is 14.4. The second-order valence-electron chi connectivity index (χ2n) is 9.56. The first-order valence-electron chi connectivity index (χ1n) is 12.7. The summed E-state index contributed by atoms with van der Waals surface area (Å²) < 4.78 is 17.2. The van der Waals surface area contributed by atoms with Crippen molar-refractivity contribution in [3.8, 4) is 17.1 Å². The SMILES string of the molecule is CCOC(=O)c1c(NC(=O)COc2c(-c3ccc(C)cc3)oc3ccccc3c2=O)sc2c1CCC(C)C2. The first-order chi connectivity index (χ1) is 18.4. The van der Waals surface area contributed by atoms with E-state index < -0.39 is 18.5 Å². The molecule has 1 aliphatic carbocycles. The lowest BCUT2D eigenvalue weighted by Gasteiger charge is -2.18. The predicted molar refractivity (Wildman–Crippen MR) is 148 cm³/mol. The number of rotatable bonds is 7. The molecule has 4 aromatic rings. The number of carbonyl (C=O) groups excluding carboxylic acids is 2. The average molecular weight is 532 g/mol. The molecular weight excluding hydrogens is 502 g/mol. The monoisotopic (exact) mass is 531 g/mol. The Labute approximate surface area is 224 Å². The standard InChI is InChI=1S/C30H29NO6S/c1-4-35-30(34)25-21-14-11-18(3)15-23(21)38-29(25)31-24(32)16-36-28-26(33)20-7-5-6-8-22(20)37-27(28)19-12-9-17(2)10-13-19/h5-10,12-13,18H,4,11,14-16H2,1-3H3,(H,31,32). The van der Waals surface area contributed by atoms with E-state index in [1.165, 1.54) is 11.3 Å². The van der Waals surface area contributed by atoms with Crippen molar-refractivity contribution in [2.75, 3.05) is 18.5 Å². The number of hydrogen-bond acceptors (Lipinski definition) is 7. The first kappa shape index (κ1) is 25.7. The van der Waals surface area contributed by atoms with E-state index in [4.69, 9.17) is 13.9 Å². The molecule has 2 aromatic carbocycles. The van der Waals surface area contributed by atoms with E-state index in [1.807, 2.05) is 31.2 Å². The minimum atomic E-state index is -0.482. The molecule has 7 nitrogen and oxygen atoms in total. The Morgan fingerprint density at radius 2 is 1.89 bits per heavy atom. The zero-order chi connectivity index (χ0) is 26.8. The van der Waals surface area contributed by atoms with Crippen molar-refractivity contribution in [2.24, 2.45) is 5.92 Å². The number of esters is 1. The molecule has 1 N–H and O–H groups in total. The van der Waals surface area contributed by atoms with Crippen LogP contribution in [0, 0.1) is 12.8 Å². The fraction of sp³-hybridized carbons (Fsp3) is 0.300. The van der Waals surface area contributed by atoms with Crippen LogP contribution in [0.15, 0.2) is 57.7 Å². The molecule has 1 aliphatic rings. The van der Waals surface area contributed by atoms with Crippen LogP contribution in [-0.2, 0) is 22.4 Å². The fourth-order valence-electron chi connectivity index (χ4n) is 4.71. The predicted octanol–water partition coefficient (Wildman–Crippen LogP) is 6.15. The quantitative estimate of drug-likeness (QED) is 0.288. The number of amides is 1. The molecule has 1 atom stereocenters. The average Bonchev–Trinajstić information content (AvgIpc) is 3.25. The van der Waals surface area contributed by atoms with Crippen molar-refractivity contribution in [1.29, 1.82) is 0 Å². The molecule has 0 bridgehead atoms. The molecule has 2 heterocycles. The second kappa shape index (κ2) is 10.8. The third-order valence-electron chi connectivity index (χ3n) is 6.66. The minimum absolute atomic E-state index is 0.0346. The van der Waals surface area contributed by atoms with E-state index in [9.17, 15) is 14.4 Å². The van der Waals surface area contributed by atoms with E-state index in [2.05, 4.69) is 12.2 Å². The Hall–Kier alpha value is -3.91. The molecule has 38 heavy (non-hydrogen) atoms. The second-order valence-corrected chi connectivity index (χ2v) is 10.7. The number of nitrogens with one attached hydrogen (secondary N) is 1. The van der Waals surface area contributed by atoms with Gasteiger partial charge in [0.25, 0.3) is 5.91 Å². The van der Waals surface area contributed by atoms with Crippen LogP contribution < -0.4 is 15.5 Å². The van der Waals surface area contributed by atoms with E-state index in [-0.39, 0.29) is 23.5 Å². The molecule has 0 spiro atoms. The highest BCUT2D eigenvalue weighted by atomic mass is 32.1. The Bertz CT molecular complexity index is 1570. The zero-order valence-electron chi connectivity index (χ0n) is 21.6. The zero-order valence-corrected chi connectivity index (χ0v) is 22.4. The highest BCUT2D eigenvalue weighted by Crippen LogP contribution is 2.40. The summed E-state index contributed by atoms with van der Waals surface area (Å²) in [6.45, 7) is 5.72. The molecule has 2 aromatic heterocycles. The topological polar surface area (TPSA) is 94.8 Å². The lowest BCUT2D eigenvalue weighted by molar-refractivity contribution is -0.118. The molecule has 5 rings (SSSR count). The molecule has 0 fully saturated rings. The smallest absolute Gasteiger partial charge is 0.341 e.